The number of nitrogens with one attached hydrogen (secondary N) is 1. The van der Waals surface area contributed by atoms with E-state index in [1.54, 1.807) is 0 Å². The van der Waals surface area contributed by atoms with E-state index in [1.165, 1.54) is 0 Å². The summed E-state index contributed by atoms with van der Waals surface area (Å²) >= 11 is 3.35. The van der Waals surface area contributed by atoms with Crippen molar-refractivity contribution in [2.45, 2.75) is 19.3 Å². The molecule has 0 aliphatic carbocycles. The summed E-state index contributed by atoms with van der Waals surface area (Å²) in [5.41, 5.74) is 0.784. The van der Waals surface area contributed by atoms with Crippen LogP contribution >= 0.6 is 15.9 Å². The fourth-order valence-corrected chi connectivity index (χ4v) is 1.56. The summed E-state index contributed by atoms with van der Waals surface area (Å²) in [6.07, 6.45) is 1.83. The predicted molar refractivity (Wildman–Crippen MR) is 63.7 cm³/mol. The first-order valence-corrected chi connectivity index (χ1v) is 5.68. The van der Waals surface area contributed by atoms with Gasteiger partial charge in [0.2, 0.25) is 5.91 Å². The number of unbranched alkanes of at least 4 members (excludes halogenated alkanes) is 1. The lowest BCUT2D eigenvalue weighted by Crippen LogP contribution is -2.11. The number of benzene rings is 1. The standard InChI is InChI=1S/C11H14BrNO2/c12-9-5-1-2-6-10(9)13-11(15)7-3-4-8-14/h1-2,5-6,14H,3-4,7-8H2,(H,13,15). The van der Waals surface area contributed by atoms with Gasteiger partial charge in [0.05, 0.1) is 5.69 Å². The number of carbonyl (C=O) groups excluding carboxylic acids is 1. The molecule has 1 rings (SSSR count). The maximum Gasteiger partial charge on any atom is 0.224 e. The van der Waals surface area contributed by atoms with Gasteiger partial charge in [0.25, 0.3) is 0 Å². The van der Waals surface area contributed by atoms with Crippen LogP contribution in [0.1, 0.15) is 19.3 Å². The van der Waals surface area contributed by atoms with Crippen molar-refractivity contribution >= 4 is 27.5 Å². The summed E-state index contributed by atoms with van der Waals surface area (Å²) in [4.78, 5) is 11.4. The first kappa shape index (κ1) is 12.2. The molecule has 0 fully saturated rings. The molecule has 0 aliphatic heterocycles. The Labute approximate surface area is 97.6 Å². The Morgan fingerprint density at radius 3 is 2.73 bits per heavy atom. The van der Waals surface area contributed by atoms with E-state index >= 15 is 0 Å². The lowest BCUT2D eigenvalue weighted by atomic mass is 10.2. The second kappa shape index (κ2) is 6.58. The summed E-state index contributed by atoms with van der Waals surface area (Å²) in [5.74, 6) is -0.0182. The van der Waals surface area contributed by atoms with E-state index in [1.807, 2.05) is 24.3 Å². The Bertz CT molecular complexity index is 328. The minimum atomic E-state index is -0.0182. The summed E-state index contributed by atoms with van der Waals surface area (Å²) in [6, 6.07) is 7.48. The molecule has 0 aromatic heterocycles. The summed E-state index contributed by atoms with van der Waals surface area (Å²) in [5, 5.41) is 11.4. The number of aliphatic hydroxyl groups is 1. The molecule has 0 saturated heterocycles. The van der Waals surface area contributed by atoms with Gasteiger partial charge in [-0.15, -0.1) is 0 Å². The molecule has 3 nitrogen and oxygen atoms in total. The van der Waals surface area contributed by atoms with Gasteiger partial charge < -0.3 is 10.4 Å². The first-order valence-electron chi connectivity index (χ1n) is 4.89. The van der Waals surface area contributed by atoms with Crippen LogP contribution in [0.25, 0.3) is 0 Å². The van der Waals surface area contributed by atoms with Crippen molar-refractivity contribution in [1.29, 1.82) is 0 Å². The number of halogens is 1. The van der Waals surface area contributed by atoms with Crippen LogP contribution in [0.3, 0.4) is 0 Å². The van der Waals surface area contributed by atoms with Crippen molar-refractivity contribution in [2.24, 2.45) is 0 Å². The molecule has 1 amide bonds. The molecule has 0 heterocycles. The molecule has 0 unspecified atom stereocenters. The number of hydrogen-bond donors (Lipinski definition) is 2. The van der Waals surface area contributed by atoms with Gasteiger partial charge in [-0.1, -0.05) is 12.1 Å². The van der Waals surface area contributed by atoms with Crippen LogP contribution in [0.2, 0.25) is 0 Å². The lowest BCUT2D eigenvalue weighted by Gasteiger charge is -2.06. The number of anilines is 1. The molecule has 2 N–H and O–H groups in total. The Kier molecular flexibility index (Phi) is 5.36. The Hall–Kier alpha value is -0.870. The average molecular weight is 272 g/mol. The minimum absolute atomic E-state index is 0.0182. The summed E-state index contributed by atoms with van der Waals surface area (Å²) in [6.45, 7) is 0.141. The largest absolute Gasteiger partial charge is 0.396 e. The normalized spacial score (nSPS) is 10.0. The van der Waals surface area contributed by atoms with Crippen LogP contribution in [0.15, 0.2) is 28.7 Å². The van der Waals surface area contributed by atoms with Crippen molar-refractivity contribution < 1.29 is 9.90 Å². The van der Waals surface area contributed by atoms with E-state index in [0.717, 1.165) is 10.2 Å². The highest BCUT2D eigenvalue weighted by Gasteiger charge is 2.03. The van der Waals surface area contributed by atoms with Gasteiger partial charge in [0, 0.05) is 17.5 Å². The van der Waals surface area contributed by atoms with Crippen molar-refractivity contribution in [2.75, 3.05) is 11.9 Å². The van der Waals surface area contributed by atoms with Crippen molar-refractivity contribution in [3.8, 4) is 0 Å². The third-order valence-electron chi connectivity index (χ3n) is 1.96. The second-order valence-electron chi connectivity index (χ2n) is 3.21. The lowest BCUT2D eigenvalue weighted by molar-refractivity contribution is -0.116. The van der Waals surface area contributed by atoms with E-state index in [9.17, 15) is 4.79 Å². The third-order valence-corrected chi connectivity index (χ3v) is 2.65. The van der Waals surface area contributed by atoms with Crippen LogP contribution in [0, 0.1) is 0 Å². The van der Waals surface area contributed by atoms with E-state index in [2.05, 4.69) is 21.2 Å². The molecule has 0 saturated carbocycles. The maximum atomic E-state index is 11.4. The summed E-state index contributed by atoms with van der Waals surface area (Å²) in [7, 11) is 0. The van der Waals surface area contributed by atoms with E-state index in [4.69, 9.17) is 5.11 Å². The predicted octanol–water partition coefficient (Wildman–Crippen LogP) is 2.55. The Balaban J connectivity index is 2.41. The van der Waals surface area contributed by atoms with Gasteiger partial charge >= 0.3 is 0 Å². The topological polar surface area (TPSA) is 49.3 Å². The molecule has 0 atom stereocenters. The molecular weight excluding hydrogens is 258 g/mol. The van der Waals surface area contributed by atoms with E-state index in [0.29, 0.717) is 19.3 Å². The first-order chi connectivity index (χ1) is 7.24. The van der Waals surface area contributed by atoms with Crippen LogP contribution in [0.4, 0.5) is 5.69 Å². The fourth-order valence-electron chi connectivity index (χ4n) is 1.17. The molecule has 4 heteroatoms. The minimum Gasteiger partial charge on any atom is -0.396 e. The van der Waals surface area contributed by atoms with Crippen LogP contribution in [-0.2, 0) is 4.79 Å². The number of hydrogen-bond acceptors (Lipinski definition) is 2. The maximum absolute atomic E-state index is 11.4. The van der Waals surface area contributed by atoms with Crippen LogP contribution < -0.4 is 5.32 Å². The number of para-hydroxylation sites is 1. The molecule has 0 spiro atoms. The second-order valence-corrected chi connectivity index (χ2v) is 4.06. The monoisotopic (exact) mass is 271 g/mol. The van der Waals surface area contributed by atoms with Crippen LogP contribution in [0.5, 0.6) is 0 Å². The molecule has 0 bridgehead atoms. The average Bonchev–Trinajstić information content (AvgIpc) is 2.22. The van der Waals surface area contributed by atoms with Gasteiger partial charge in [0.1, 0.15) is 0 Å². The highest BCUT2D eigenvalue weighted by atomic mass is 79.9. The highest BCUT2D eigenvalue weighted by molar-refractivity contribution is 9.10. The number of amides is 1. The van der Waals surface area contributed by atoms with E-state index in [-0.39, 0.29) is 12.5 Å². The fraction of sp³-hybridized carbons (Fsp3) is 0.364. The summed E-state index contributed by atoms with van der Waals surface area (Å²) < 4.78 is 0.875. The third kappa shape index (κ3) is 4.44. The number of aliphatic hydroxyl groups excluding tert-OH is 1. The highest BCUT2D eigenvalue weighted by Crippen LogP contribution is 2.21. The zero-order valence-corrected chi connectivity index (χ0v) is 9.96. The molecule has 0 aliphatic rings. The Morgan fingerprint density at radius 1 is 1.33 bits per heavy atom. The quantitative estimate of drug-likeness (QED) is 0.809. The van der Waals surface area contributed by atoms with Crippen molar-refractivity contribution in [1.82, 2.24) is 0 Å². The van der Waals surface area contributed by atoms with Gasteiger partial charge in [-0.25, -0.2) is 0 Å². The van der Waals surface area contributed by atoms with Gasteiger partial charge in [-0.2, -0.15) is 0 Å². The molecule has 1 aromatic rings. The van der Waals surface area contributed by atoms with Crippen LogP contribution in [-0.4, -0.2) is 17.6 Å². The molecule has 82 valence electrons. The number of rotatable bonds is 5. The number of carbonyl (C=O) groups is 1. The van der Waals surface area contributed by atoms with Crippen molar-refractivity contribution in [3.05, 3.63) is 28.7 Å². The van der Waals surface area contributed by atoms with Gasteiger partial charge in [-0.3, -0.25) is 4.79 Å². The smallest absolute Gasteiger partial charge is 0.224 e. The van der Waals surface area contributed by atoms with Gasteiger partial charge in [0.15, 0.2) is 0 Å². The van der Waals surface area contributed by atoms with Crippen molar-refractivity contribution in [3.63, 3.8) is 0 Å². The van der Waals surface area contributed by atoms with Gasteiger partial charge in [-0.05, 0) is 40.9 Å². The molecule has 1 aromatic carbocycles. The zero-order chi connectivity index (χ0) is 11.1. The molecule has 15 heavy (non-hydrogen) atoms. The molecule has 0 radical (unpaired) electrons. The zero-order valence-electron chi connectivity index (χ0n) is 8.37. The Morgan fingerprint density at radius 2 is 2.07 bits per heavy atom. The molecular formula is C11H14BrNO2. The SMILES string of the molecule is O=C(CCCCO)Nc1ccccc1Br. The van der Waals surface area contributed by atoms with E-state index < -0.39 is 0 Å².